The van der Waals surface area contributed by atoms with E-state index in [1.807, 2.05) is 42.0 Å². The number of thiazole rings is 1. The Balaban J connectivity index is 1.46. The Morgan fingerprint density at radius 1 is 1.18 bits per heavy atom. The summed E-state index contributed by atoms with van der Waals surface area (Å²) in [6.45, 7) is 1.92. The molecule has 1 amide bonds. The lowest BCUT2D eigenvalue weighted by molar-refractivity contribution is 0.0944. The highest BCUT2D eigenvalue weighted by molar-refractivity contribution is 7.16. The van der Waals surface area contributed by atoms with Crippen LogP contribution in [0.25, 0.3) is 16.3 Å². The topological polar surface area (TPSA) is 59.8 Å². The third kappa shape index (κ3) is 3.70. The van der Waals surface area contributed by atoms with Gasteiger partial charge in [-0.1, -0.05) is 24.3 Å². The average molecular weight is 392 g/mol. The maximum absolute atomic E-state index is 13.9. The molecule has 5 nitrogen and oxygen atoms in total. The largest absolute Gasteiger partial charge is 0.345 e. The van der Waals surface area contributed by atoms with Crippen molar-refractivity contribution < 1.29 is 9.18 Å². The summed E-state index contributed by atoms with van der Waals surface area (Å²) in [6.07, 6.45) is 6.81. The van der Waals surface area contributed by atoms with Crippen molar-refractivity contribution in [2.45, 2.75) is 13.0 Å². The van der Waals surface area contributed by atoms with Crippen molar-refractivity contribution in [3.63, 3.8) is 0 Å². The minimum atomic E-state index is -0.352. The Hall–Kier alpha value is -3.32. The van der Waals surface area contributed by atoms with Crippen molar-refractivity contribution >= 4 is 17.2 Å². The molecule has 2 aromatic heterocycles. The Bertz CT molecular complexity index is 1090. The fraction of sp³-hybridized carbons (Fsp3) is 0.0952. The third-order valence-electron chi connectivity index (χ3n) is 4.38. The third-order valence-corrected chi connectivity index (χ3v) is 5.41. The quantitative estimate of drug-likeness (QED) is 0.539. The Labute approximate surface area is 165 Å². The van der Waals surface area contributed by atoms with Crippen molar-refractivity contribution in [2.75, 3.05) is 0 Å². The number of imidazole rings is 1. The average Bonchev–Trinajstić information content (AvgIpc) is 3.41. The normalized spacial score (nSPS) is 11.9. The van der Waals surface area contributed by atoms with Crippen LogP contribution >= 0.6 is 11.3 Å². The molecule has 0 spiro atoms. The van der Waals surface area contributed by atoms with Gasteiger partial charge in [0.1, 0.15) is 15.7 Å². The summed E-state index contributed by atoms with van der Waals surface area (Å²) in [5.74, 6) is -0.582. The Morgan fingerprint density at radius 3 is 2.68 bits per heavy atom. The molecule has 28 heavy (non-hydrogen) atoms. The second kappa shape index (κ2) is 7.74. The summed E-state index contributed by atoms with van der Waals surface area (Å²) >= 11 is 1.17. The highest BCUT2D eigenvalue weighted by Crippen LogP contribution is 2.27. The highest BCUT2D eigenvalue weighted by Gasteiger charge is 2.16. The smallest absolute Gasteiger partial charge is 0.263 e. The number of benzene rings is 2. The van der Waals surface area contributed by atoms with Gasteiger partial charge in [-0.25, -0.2) is 14.4 Å². The maximum Gasteiger partial charge on any atom is 0.263 e. The van der Waals surface area contributed by atoms with Crippen LogP contribution in [0.15, 0.2) is 73.4 Å². The molecule has 0 aliphatic rings. The van der Waals surface area contributed by atoms with Gasteiger partial charge < -0.3 is 9.88 Å². The standard InChI is InChI=1S/C21H17FN4OS/c1-14(15-6-8-16(9-7-15)26-11-10-23-13-26)25-20(27)19-12-24-21(28-19)17-4-2-3-5-18(17)22/h2-14H,1H3,(H,25,27). The van der Waals surface area contributed by atoms with E-state index in [1.165, 1.54) is 23.6 Å². The minimum Gasteiger partial charge on any atom is -0.345 e. The van der Waals surface area contributed by atoms with Gasteiger partial charge in [0.05, 0.1) is 18.6 Å². The summed E-state index contributed by atoms with van der Waals surface area (Å²) in [5.41, 5.74) is 2.38. The van der Waals surface area contributed by atoms with E-state index < -0.39 is 0 Å². The van der Waals surface area contributed by atoms with E-state index in [2.05, 4.69) is 15.3 Å². The zero-order valence-corrected chi connectivity index (χ0v) is 15.9. The van der Waals surface area contributed by atoms with Crippen molar-refractivity contribution in [1.82, 2.24) is 19.9 Å². The number of amides is 1. The monoisotopic (exact) mass is 392 g/mol. The van der Waals surface area contributed by atoms with Gasteiger partial charge in [-0.3, -0.25) is 4.79 Å². The second-order valence-electron chi connectivity index (χ2n) is 6.27. The van der Waals surface area contributed by atoms with Gasteiger partial charge in [0.15, 0.2) is 0 Å². The molecule has 0 saturated heterocycles. The summed E-state index contributed by atoms with van der Waals surface area (Å²) in [5, 5.41) is 3.45. The molecule has 1 unspecified atom stereocenters. The van der Waals surface area contributed by atoms with Crippen LogP contribution in [0.3, 0.4) is 0 Å². The lowest BCUT2D eigenvalue weighted by Crippen LogP contribution is -2.25. The van der Waals surface area contributed by atoms with Gasteiger partial charge >= 0.3 is 0 Å². The number of hydrogen-bond acceptors (Lipinski definition) is 4. The number of nitrogens with zero attached hydrogens (tertiary/aromatic N) is 3. The van der Waals surface area contributed by atoms with Crippen molar-refractivity contribution in [3.05, 3.63) is 89.7 Å². The van der Waals surface area contributed by atoms with Gasteiger partial charge in [0, 0.05) is 23.6 Å². The van der Waals surface area contributed by atoms with Gasteiger partial charge in [0.25, 0.3) is 5.91 Å². The van der Waals surface area contributed by atoms with Crippen molar-refractivity contribution in [3.8, 4) is 16.3 Å². The number of nitrogens with one attached hydrogen (secondary N) is 1. The van der Waals surface area contributed by atoms with Crippen LogP contribution in [0.1, 0.15) is 28.2 Å². The number of rotatable bonds is 5. The molecule has 0 aliphatic heterocycles. The van der Waals surface area contributed by atoms with Gasteiger partial charge in [-0.15, -0.1) is 11.3 Å². The van der Waals surface area contributed by atoms with Crippen LogP contribution in [0.2, 0.25) is 0 Å². The SMILES string of the molecule is CC(NC(=O)c1cnc(-c2ccccc2F)s1)c1ccc(-n2ccnc2)cc1. The van der Waals surface area contributed by atoms with Crippen molar-refractivity contribution in [2.24, 2.45) is 0 Å². The fourth-order valence-electron chi connectivity index (χ4n) is 2.84. The van der Waals surface area contributed by atoms with Crippen molar-refractivity contribution in [1.29, 1.82) is 0 Å². The molecule has 1 N–H and O–H groups in total. The minimum absolute atomic E-state index is 0.177. The number of carbonyl (C=O) groups is 1. The van der Waals surface area contributed by atoms with Crippen LogP contribution in [-0.4, -0.2) is 20.4 Å². The molecule has 0 fully saturated rings. The zero-order valence-electron chi connectivity index (χ0n) is 15.0. The summed E-state index contributed by atoms with van der Waals surface area (Å²) in [7, 11) is 0. The van der Waals surface area contributed by atoms with Crippen LogP contribution < -0.4 is 5.32 Å². The van der Waals surface area contributed by atoms with E-state index in [-0.39, 0.29) is 17.8 Å². The summed E-state index contributed by atoms with van der Waals surface area (Å²) in [4.78, 5) is 21.2. The van der Waals surface area contributed by atoms with Gasteiger partial charge in [0.2, 0.25) is 0 Å². The molecule has 0 bridgehead atoms. The van der Waals surface area contributed by atoms with Gasteiger partial charge in [-0.05, 0) is 36.8 Å². The summed E-state index contributed by atoms with van der Waals surface area (Å²) < 4.78 is 15.8. The lowest BCUT2D eigenvalue weighted by atomic mass is 10.1. The molecule has 2 aromatic carbocycles. The molecule has 0 saturated carbocycles. The molecule has 1 atom stereocenters. The van der Waals surface area contributed by atoms with E-state index in [9.17, 15) is 9.18 Å². The molecule has 4 aromatic rings. The summed E-state index contributed by atoms with van der Waals surface area (Å²) in [6, 6.07) is 14.1. The molecule has 0 aliphatic carbocycles. The Kier molecular flexibility index (Phi) is 4.99. The first kappa shape index (κ1) is 18.1. The first-order valence-electron chi connectivity index (χ1n) is 8.71. The molecule has 4 rings (SSSR count). The predicted molar refractivity (Wildman–Crippen MR) is 107 cm³/mol. The first-order chi connectivity index (χ1) is 13.6. The molecular weight excluding hydrogens is 375 g/mol. The van der Waals surface area contributed by atoms with E-state index >= 15 is 0 Å². The maximum atomic E-state index is 13.9. The van der Waals surface area contributed by atoms with E-state index in [0.717, 1.165) is 11.3 Å². The van der Waals surface area contributed by atoms with Crippen LogP contribution in [0.5, 0.6) is 0 Å². The number of aromatic nitrogens is 3. The van der Waals surface area contributed by atoms with Crippen LogP contribution in [0, 0.1) is 5.82 Å². The molecule has 2 heterocycles. The predicted octanol–water partition coefficient (Wildman–Crippen LogP) is 4.63. The highest BCUT2D eigenvalue weighted by atomic mass is 32.1. The van der Waals surface area contributed by atoms with E-state index in [1.54, 1.807) is 30.7 Å². The Morgan fingerprint density at radius 2 is 1.96 bits per heavy atom. The zero-order chi connectivity index (χ0) is 19.5. The van der Waals surface area contributed by atoms with Crippen LogP contribution in [0.4, 0.5) is 4.39 Å². The van der Waals surface area contributed by atoms with E-state index in [4.69, 9.17) is 0 Å². The number of hydrogen-bond donors (Lipinski definition) is 1. The first-order valence-corrected chi connectivity index (χ1v) is 9.53. The fourth-order valence-corrected chi connectivity index (χ4v) is 3.68. The number of carbonyl (C=O) groups excluding carboxylic acids is 1. The molecular formula is C21H17FN4OS. The van der Waals surface area contributed by atoms with Gasteiger partial charge in [-0.2, -0.15) is 0 Å². The lowest BCUT2D eigenvalue weighted by Gasteiger charge is -2.14. The molecule has 0 radical (unpaired) electrons. The second-order valence-corrected chi connectivity index (χ2v) is 7.30. The number of halogens is 1. The molecule has 7 heteroatoms. The van der Waals surface area contributed by atoms with E-state index in [0.29, 0.717) is 15.4 Å². The molecule has 140 valence electrons. The van der Waals surface area contributed by atoms with Crippen LogP contribution in [-0.2, 0) is 0 Å².